The van der Waals surface area contributed by atoms with Crippen molar-refractivity contribution in [1.29, 1.82) is 0 Å². The second-order valence-corrected chi connectivity index (χ2v) is 3.27. The van der Waals surface area contributed by atoms with Gasteiger partial charge >= 0.3 is 0 Å². The van der Waals surface area contributed by atoms with Gasteiger partial charge in [-0.05, 0) is 25.7 Å². The molecule has 0 aliphatic carbocycles. The zero-order valence-electron chi connectivity index (χ0n) is 9.47. The van der Waals surface area contributed by atoms with E-state index in [2.05, 4.69) is 6.92 Å². The number of carbonyl (C=O) groups is 1. The normalized spacial score (nSPS) is 21.8. The summed E-state index contributed by atoms with van der Waals surface area (Å²) < 4.78 is 0. The lowest BCUT2D eigenvalue weighted by Gasteiger charge is -2.34. The standard InChI is InChI=1S/C9H17NO.C2H6/c1-3-9-6-4-5-7-10(9)8(2)11;1-2/h9H,3-7H2,1-2H3;1-2H3. The third kappa shape index (κ3) is 3.79. The first kappa shape index (κ1) is 12.5. The molecule has 0 aromatic carbocycles. The minimum atomic E-state index is 0.247. The van der Waals surface area contributed by atoms with E-state index in [0.717, 1.165) is 13.0 Å². The average molecular weight is 185 g/mol. The number of nitrogens with zero attached hydrogens (tertiary/aromatic N) is 1. The predicted molar refractivity (Wildman–Crippen MR) is 56.7 cm³/mol. The lowest BCUT2D eigenvalue weighted by molar-refractivity contribution is -0.132. The molecule has 1 unspecified atom stereocenters. The van der Waals surface area contributed by atoms with E-state index in [9.17, 15) is 4.79 Å². The van der Waals surface area contributed by atoms with Crippen LogP contribution in [-0.2, 0) is 4.79 Å². The highest BCUT2D eigenvalue weighted by molar-refractivity contribution is 5.73. The molecule has 1 rings (SSSR count). The minimum absolute atomic E-state index is 0.247. The quantitative estimate of drug-likeness (QED) is 0.615. The molecule has 1 aliphatic rings. The van der Waals surface area contributed by atoms with E-state index in [4.69, 9.17) is 0 Å². The van der Waals surface area contributed by atoms with Crippen LogP contribution < -0.4 is 0 Å². The maximum Gasteiger partial charge on any atom is 0.219 e. The summed E-state index contributed by atoms with van der Waals surface area (Å²) in [5.74, 6) is 0.247. The van der Waals surface area contributed by atoms with Gasteiger partial charge in [0.2, 0.25) is 5.91 Å². The third-order valence-corrected chi connectivity index (χ3v) is 2.50. The van der Waals surface area contributed by atoms with E-state index in [1.165, 1.54) is 19.3 Å². The molecule has 0 aromatic rings. The van der Waals surface area contributed by atoms with Crippen LogP contribution in [0.4, 0.5) is 0 Å². The molecule has 0 saturated carbocycles. The van der Waals surface area contributed by atoms with Gasteiger partial charge in [0.25, 0.3) is 0 Å². The van der Waals surface area contributed by atoms with Crippen LogP contribution >= 0.6 is 0 Å². The summed E-state index contributed by atoms with van der Waals surface area (Å²) in [4.78, 5) is 13.1. The van der Waals surface area contributed by atoms with Crippen LogP contribution in [0.15, 0.2) is 0 Å². The summed E-state index contributed by atoms with van der Waals surface area (Å²) >= 11 is 0. The predicted octanol–water partition coefficient (Wildman–Crippen LogP) is 2.82. The second-order valence-electron chi connectivity index (χ2n) is 3.27. The fourth-order valence-corrected chi connectivity index (χ4v) is 1.84. The Morgan fingerprint density at radius 3 is 2.38 bits per heavy atom. The van der Waals surface area contributed by atoms with Crippen LogP contribution in [0.5, 0.6) is 0 Å². The third-order valence-electron chi connectivity index (χ3n) is 2.50. The molecule has 1 aliphatic heterocycles. The molecule has 13 heavy (non-hydrogen) atoms. The Morgan fingerprint density at radius 1 is 1.38 bits per heavy atom. The Labute approximate surface area is 82.3 Å². The maximum atomic E-state index is 11.1. The topological polar surface area (TPSA) is 20.3 Å². The van der Waals surface area contributed by atoms with Gasteiger partial charge in [-0.2, -0.15) is 0 Å². The average Bonchev–Trinajstić information content (AvgIpc) is 2.20. The molecule has 1 heterocycles. The van der Waals surface area contributed by atoms with Gasteiger partial charge in [0.05, 0.1) is 0 Å². The van der Waals surface area contributed by atoms with E-state index in [1.54, 1.807) is 6.92 Å². The van der Waals surface area contributed by atoms with E-state index < -0.39 is 0 Å². The molecule has 0 bridgehead atoms. The fourth-order valence-electron chi connectivity index (χ4n) is 1.84. The van der Waals surface area contributed by atoms with Crippen LogP contribution in [0.2, 0.25) is 0 Å². The van der Waals surface area contributed by atoms with Gasteiger partial charge in [-0.3, -0.25) is 4.79 Å². The van der Waals surface area contributed by atoms with Gasteiger partial charge in [-0.25, -0.2) is 0 Å². The highest BCUT2D eigenvalue weighted by atomic mass is 16.2. The van der Waals surface area contributed by atoms with Gasteiger partial charge in [0.15, 0.2) is 0 Å². The number of hydrogen-bond acceptors (Lipinski definition) is 1. The van der Waals surface area contributed by atoms with Crippen LogP contribution in [0.3, 0.4) is 0 Å². The first-order valence-corrected chi connectivity index (χ1v) is 5.53. The number of hydrogen-bond donors (Lipinski definition) is 0. The van der Waals surface area contributed by atoms with Crippen LogP contribution in [-0.4, -0.2) is 23.4 Å². The van der Waals surface area contributed by atoms with Crippen molar-refractivity contribution in [3.8, 4) is 0 Å². The number of piperidine rings is 1. The van der Waals surface area contributed by atoms with Gasteiger partial charge < -0.3 is 4.90 Å². The van der Waals surface area contributed by atoms with Gasteiger partial charge in [0, 0.05) is 19.5 Å². The van der Waals surface area contributed by atoms with Gasteiger partial charge in [0.1, 0.15) is 0 Å². The lowest BCUT2D eigenvalue weighted by Crippen LogP contribution is -2.42. The molecule has 78 valence electrons. The first-order chi connectivity index (χ1) is 6.25. The zero-order valence-corrected chi connectivity index (χ0v) is 9.47. The molecule has 0 N–H and O–H groups in total. The van der Waals surface area contributed by atoms with Crippen molar-refractivity contribution in [2.45, 2.75) is 59.4 Å². The largest absolute Gasteiger partial charge is 0.340 e. The maximum absolute atomic E-state index is 11.1. The summed E-state index contributed by atoms with van der Waals surface area (Å²) in [6.45, 7) is 8.81. The van der Waals surface area contributed by atoms with Gasteiger partial charge in [-0.15, -0.1) is 0 Å². The molecule has 2 nitrogen and oxygen atoms in total. The molecular weight excluding hydrogens is 162 g/mol. The summed E-state index contributed by atoms with van der Waals surface area (Å²) in [7, 11) is 0. The van der Waals surface area contributed by atoms with E-state index in [-0.39, 0.29) is 5.91 Å². The molecule has 1 atom stereocenters. The first-order valence-electron chi connectivity index (χ1n) is 5.53. The molecule has 0 radical (unpaired) electrons. The number of amides is 1. The summed E-state index contributed by atoms with van der Waals surface area (Å²) in [6.07, 6.45) is 4.80. The Balaban J connectivity index is 0.000000671. The SMILES string of the molecule is CC.CCC1CCCCN1C(C)=O. The van der Waals surface area contributed by atoms with Crippen molar-refractivity contribution in [3.63, 3.8) is 0 Å². The Morgan fingerprint density at radius 2 is 2.00 bits per heavy atom. The zero-order chi connectivity index (χ0) is 10.3. The van der Waals surface area contributed by atoms with Crippen LogP contribution in [0.1, 0.15) is 53.4 Å². The Hall–Kier alpha value is -0.530. The molecule has 2 heteroatoms. The smallest absolute Gasteiger partial charge is 0.219 e. The van der Waals surface area contributed by atoms with Crippen LogP contribution in [0, 0.1) is 0 Å². The molecular formula is C11H23NO. The van der Waals surface area contributed by atoms with E-state index in [1.807, 2.05) is 18.7 Å². The fraction of sp³-hybridized carbons (Fsp3) is 0.909. The van der Waals surface area contributed by atoms with Gasteiger partial charge in [-0.1, -0.05) is 20.8 Å². The highest BCUT2D eigenvalue weighted by Crippen LogP contribution is 2.18. The second kappa shape index (κ2) is 6.93. The number of rotatable bonds is 1. The highest BCUT2D eigenvalue weighted by Gasteiger charge is 2.21. The summed E-state index contributed by atoms with van der Waals surface area (Å²) in [6, 6.07) is 0.529. The molecule has 1 amide bonds. The monoisotopic (exact) mass is 185 g/mol. The number of carbonyl (C=O) groups excluding carboxylic acids is 1. The number of likely N-dealkylation sites (tertiary alicyclic amines) is 1. The summed E-state index contributed by atoms with van der Waals surface area (Å²) in [5.41, 5.74) is 0. The van der Waals surface area contributed by atoms with Crippen LogP contribution in [0.25, 0.3) is 0 Å². The Bertz CT molecular complexity index is 145. The minimum Gasteiger partial charge on any atom is -0.340 e. The van der Waals surface area contributed by atoms with Crippen molar-refractivity contribution in [2.75, 3.05) is 6.54 Å². The molecule has 0 spiro atoms. The lowest BCUT2D eigenvalue weighted by atomic mass is 10.0. The molecule has 1 fully saturated rings. The molecule has 0 aromatic heterocycles. The van der Waals surface area contributed by atoms with Crippen molar-refractivity contribution in [2.24, 2.45) is 0 Å². The van der Waals surface area contributed by atoms with Crippen molar-refractivity contribution in [1.82, 2.24) is 4.90 Å². The van der Waals surface area contributed by atoms with E-state index in [0.29, 0.717) is 6.04 Å². The Kier molecular flexibility index (Phi) is 6.65. The molecule has 1 saturated heterocycles. The van der Waals surface area contributed by atoms with Crippen molar-refractivity contribution < 1.29 is 4.79 Å². The van der Waals surface area contributed by atoms with Crippen molar-refractivity contribution in [3.05, 3.63) is 0 Å². The van der Waals surface area contributed by atoms with Crippen molar-refractivity contribution >= 4 is 5.91 Å². The van der Waals surface area contributed by atoms with E-state index >= 15 is 0 Å². The summed E-state index contributed by atoms with van der Waals surface area (Å²) in [5, 5.41) is 0.